The molecule has 1 N–H and O–H groups in total. The first-order valence-corrected chi connectivity index (χ1v) is 8.47. The molecule has 2 nitrogen and oxygen atoms in total. The highest BCUT2D eigenvalue weighted by Crippen LogP contribution is 2.20. The molecule has 0 aliphatic carbocycles. The number of piperidine rings is 1. The van der Waals surface area contributed by atoms with Crippen molar-refractivity contribution < 1.29 is 4.39 Å². The third-order valence-corrected chi connectivity index (χ3v) is 4.57. The maximum atomic E-state index is 13.2. The van der Waals surface area contributed by atoms with Crippen molar-refractivity contribution in [2.75, 3.05) is 18.4 Å². The van der Waals surface area contributed by atoms with Gasteiger partial charge in [-0.1, -0.05) is 34.1 Å². The van der Waals surface area contributed by atoms with Gasteiger partial charge in [-0.15, -0.1) is 0 Å². The first-order valence-electron chi connectivity index (χ1n) is 7.68. The SMILES string of the molecule is Fc1cccc(NC2CCN(Cc3cccc(Br)c3)CC2)c1. The molecule has 116 valence electrons. The van der Waals surface area contributed by atoms with Crippen LogP contribution in [-0.2, 0) is 6.54 Å². The van der Waals surface area contributed by atoms with Crippen LogP contribution in [0.2, 0.25) is 0 Å². The summed E-state index contributed by atoms with van der Waals surface area (Å²) >= 11 is 3.52. The van der Waals surface area contributed by atoms with Crippen molar-refractivity contribution in [3.05, 3.63) is 64.4 Å². The number of likely N-dealkylation sites (tertiary alicyclic amines) is 1. The lowest BCUT2D eigenvalue weighted by Crippen LogP contribution is -2.38. The van der Waals surface area contributed by atoms with Crippen molar-refractivity contribution >= 4 is 21.6 Å². The molecule has 1 aliphatic rings. The standard InChI is InChI=1S/C18H20BrFN2/c19-15-4-1-3-14(11-15)13-22-9-7-17(8-10-22)21-18-6-2-5-16(20)12-18/h1-6,11-12,17,21H,7-10,13H2. The molecule has 1 aliphatic heterocycles. The third-order valence-electron chi connectivity index (χ3n) is 4.08. The molecule has 0 saturated carbocycles. The van der Waals surface area contributed by atoms with Crippen LogP contribution < -0.4 is 5.32 Å². The van der Waals surface area contributed by atoms with Gasteiger partial charge < -0.3 is 5.32 Å². The van der Waals surface area contributed by atoms with Gasteiger partial charge in [0.05, 0.1) is 0 Å². The third kappa shape index (κ3) is 4.31. The average Bonchev–Trinajstić information content (AvgIpc) is 2.49. The molecule has 2 aromatic carbocycles. The summed E-state index contributed by atoms with van der Waals surface area (Å²) in [5.41, 5.74) is 2.22. The van der Waals surface area contributed by atoms with Crippen LogP contribution in [0.3, 0.4) is 0 Å². The van der Waals surface area contributed by atoms with Crippen molar-refractivity contribution in [1.82, 2.24) is 4.90 Å². The zero-order valence-corrected chi connectivity index (χ0v) is 14.0. The van der Waals surface area contributed by atoms with Crippen LogP contribution in [0.25, 0.3) is 0 Å². The van der Waals surface area contributed by atoms with Gasteiger partial charge >= 0.3 is 0 Å². The molecule has 1 saturated heterocycles. The summed E-state index contributed by atoms with van der Waals surface area (Å²) in [6.07, 6.45) is 2.18. The Morgan fingerprint density at radius 3 is 2.59 bits per heavy atom. The Labute approximate surface area is 139 Å². The number of rotatable bonds is 4. The lowest BCUT2D eigenvalue weighted by atomic mass is 10.0. The molecule has 3 rings (SSSR count). The highest BCUT2D eigenvalue weighted by molar-refractivity contribution is 9.10. The smallest absolute Gasteiger partial charge is 0.125 e. The molecule has 0 unspecified atom stereocenters. The zero-order valence-electron chi connectivity index (χ0n) is 12.4. The van der Waals surface area contributed by atoms with Crippen molar-refractivity contribution in [2.24, 2.45) is 0 Å². The summed E-state index contributed by atoms with van der Waals surface area (Å²) in [4.78, 5) is 2.48. The Bertz CT molecular complexity index is 568. The van der Waals surface area contributed by atoms with Crippen molar-refractivity contribution in [1.29, 1.82) is 0 Å². The second-order valence-corrected chi connectivity index (χ2v) is 6.75. The number of nitrogens with one attached hydrogen (secondary N) is 1. The van der Waals surface area contributed by atoms with Gasteiger partial charge in [-0.05, 0) is 48.7 Å². The number of hydrogen-bond acceptors (Lipinski definition) is 2. The van der Waals surface area contributed by atoms with E-state index in [-0.39, 0.29) is 5.82 Å². The second-order valence-electron chi connectivity index (χ2n) is 5.84. The average molecular weight is 363 g/mol. The lowest BCUT2D eigenvalue weighted by molar-refractivity contribution is 0.211. The predicted molar refractivity (Wildman–Crippen MR) is 92.5 cm³/mol. The largest absolute Gasteiger partial charge is 0.382 e. The predicted octanol–water partition coefficient (Wildman–Crippen LogP) is 4.66. The van der Waals surface area contributed by atoms with Gasteiger partial charge in [-0.3, -0.25) is 4.90 Å². The van der Waals surface area contributed by atoms with E-state index in [1.54, 1.807) is 12.1 Å². The van der Waals surface area contributed by atoms with Gasteiger partial charge in [0.15, 0.2) is 0 Å². The number of hydrogen-bond donors (Lipinski definition) is 1. The maximum absolute atomic E-state index is 13.2. The molecule has 0 atom stereocenters. The molecular weight excluding hydrogens is 343 g/mol. The Kier molecular flexibility index (Phi) is 5.11. The minimum atomic E-state index is -0.183. The Hall–Kier alpha value is -1.39. The minimum absolute atomic E-state index is 0.183. The van der Waals surface area contributed by atoms with Gasteiger partial charge in [-0.25, -0.2) is 4.39 Å². The fraction of sp³-hybridized carbons (Fsp3) is 0.333. The van der Waals surface area contributed by atoms with E-state index < -0.39 is 0 Å². The lowest BCUT2D eigenvalue weighted by Gasteiger charge is -2.33. The molecule has 1 fully saturated rings. The molecule has 0 spiro atoms. The molecular formula is C18H20BrFN2. The number of benzene rings is 2. The van der Waals surface area contributed by atoms with Crippen molar-refractivity contribution in [2.45, 2.75) is 25.4 Å². The van der Waals surface area contributed by atoms with E-state index in [1.807, 2.05) is 6.07 Å². The second kappa shape index (κ2) is 7.25. The molecule has 4 heteroatoms. The first kappa shape index (κ1) is 15.5. The Morgan fingerprint density at radius 2 is 1.86 bits per heavy atom. The fourth-order valence-corrected chi connectivity index (χ4v) is 3.39. The fourth-order valence-electron chi connectivity index (χ4n) is 2.94. The number of nitrogens with zero attached hydrogens (tertiary/aromatic N) is 1. The summed E-state index contributed by atoms with van der Waals surface area (Å²) < 4.78 is 14.3. The van der Waals surface area contributed by atoms with Crippen molar-refractivity contribution in [3.8, 4) is 0 Å². The zero-order chi connectivity index (χ0) is 15.4. The molecule has 2 aromatic rings. The summed E-state index contributed by atoms with van der Waals surface area (Å²) in [5.74, 6) is -0.183. The van der Waals surface area contributed by atoms with Crippen LogP contribution in [-0.4, -0.2) is 24.0 Å². The normalized spacial score (nSPS) is 16.6. The summed E-state index contributed by atoms with van der Waals surface area (Å²) in [5, 5.41) is 3.44. The van der Waals surface area contributed by atoms with Gasteiger partial charge in [0.2, 0.25) is 0 Å². The van der Waals surface area contributed by atoms with E-state index in [2.05, 4.69) is 50.4 Å². The van der Waals surface area contributed by atoms with E-state index in [9.17, 15) is 4.39 Å². The van der Waals surface area contributed by atoms with E-state index in [0.29, 0.717) is 6.04 Å². The van der Waals surface area contributed by atoms with Gasteiger partial charge in [0, 0.05) is 35.8 Å². The van der Waals surface area contributed by atoms with Crippen LogP contribution in [0.5, 0.6) is 0 Å². The van der Waals surface area contributed by atoms with E-state index in [0.717, 1.165) is 42.6 Å². The first-order chi connectivity index (χ1) is 10.7. The van der Waals surface area contributed by atoms with Gasteiger partial charge in [-0.2, -0.15) is 0 Å². The van der Waals surface area contributed by atoms with E-state index >= 15 is 0 Å². The Balaban J connectivity index is 1.50. The molecule has 0 radical (unpaired) electrons. The topological polar surface area (TPSA) is 15.3 Å². The molecule has 22 heavy (non-hydrogen) atoms. The number of anilines is 1. The van der Waals surface area contributed by atoms with Crippen molar-refractivity contribution in [3.63, 3.8) is 0 Å². The molecule has 0 aromatic heterocycles. The number of halogens is 2. The van der Waals surface area contributed by atoms with Gasteiger partial charge in [0.1, 0.15) is 5.82 Å². The highest BCUT2D eigenvalue weighted by atomic mass is 79.9. The van der Waals surface area contributed by atoms with E-state index in [4.69, 9.17) is 0 Å². The van der Waals surface area contributed by atoms with Crippen LogP contribution >= 0.6 is 15.9 Å². The van der Waals surface area contributed by atoms with Crippen LogP contribution in [0.15, 0.2) is 53.0 Å². The quantitative estimate of drug-likeness (QED) is 0.850. The molecule has 0 amide bonds. The maximum Gasteiger partial charge on any atom is 0.125 e. The molecule has 1 heterocycles. The summed E-state index contributed by atoms with van der Waals surface area (Å²) in [7, 11) is 0. The summed E-state index contributed by atoms with van der Waals surface area (Å²) in [6, 6.07) is 15.6. The molecule has 0 bridgehead atoms. The van der Waals surface area contributed by atoms with Crippen LogP contribution in [0.4, 0.5) is 10.1 Å². The highest BCUT2D eigenvalue weighted by Gasteiger charge is 2.19. The minimum Gasteiger partial charge on any atom is -0.382 e. The van der Waals surface area contributed by atoms with Crippen LogP contribution in [0, 0.1) is 5.82 Å². The Morgan fingerprint density at radius 1 is 1.09 bits per heavy atom. The van der Waals surface area contributed by atoms with Gasteiger partial charge in [0.25, 0.3) is 0 Å². The monoisotopic (exact) mass is 362 g/mol. The van der Waals surface area contributed by atoms with E-state index in [1.165, 1.54) is 11.6 Å². The summed E-state index contributed by atoms with van der Waals surface area (Å²) in [6.45, 7) is 3.13. The van der Waals surface area contributed by atoms with Crippen LogP contribution in [0.1, 0.15) is 18.4 Å².